The van der Waals surface area contributed by atoms with Crippen LogP contribution >= 0.6 is 44.3 Å². The third kappa shape index (κ3) is 21.9. The molecule has 0 N–H and O–H groups in total. The molecule has 8 rings (SSSR count). The van der Waals surface area contributed by atoms with Crippen molar-refractivity contribution >= 4 is 131 Å². The zero-order valence-corrected chi connectivity index (χ0v) is 52.6. The van der Waals surface area contributed by atoms with Crippen LogP contribution in [0.3, 0.4) is 0 Å². The quantitative estimate of drug-likeness (QED) is 0.105. The van der Waals surface area contributed by atoms with Crippen molar-refractivity contribution < 1.29 is 0 Å². The van der Waals surface area contributed by atoms with Crippen LogP contribution in [-0.4, -0.2) is 45.7 Å². The molecule has 0 unspecified atom stereocenters. The van der Waals surface area contributed by atoms with E-state index in [-0.39, 0.29) is 0 Å². The predicted octanol–water partition coefficient (Wildman–Crippen LogP) is 14.4. The fraction of sp³-hybridized carbons (Fsp3) is 0.200. The number of rotatable bonds is 8. The standard InChI is InChI=1S/2C13H13ClSi.2C9H14Si.2C8H11ClSi/c2*1-15(14,12-8-4-2-5-9-12)13-10-6-3-7-11-13;2*1-10(2,3)9-7-5-4-6-8-9;2*1-10(2,9)8-6-4-3-5-7-8/h2*2-11H,1H3;2*4-8H,1-3H3;2*3-7H,1-2H3. The monoisotopic (exact) mass is 1100 g/mol. The van der Waals surface area contributed by atoms with Gasteiger partial charge in [-0.3, -0.25) is 0 Å². The van der Waals surface area contributed by atoms with Crippen LogP contribution in [-0.2, 0) is 0 Å². The van der Waals surface area contributed by atoms with E-state index in [0.717, 1.165) is 0 Å². The first-order valence-corrected chi connectivity index (χ1v) is 46.1. The normalized spacial score (nSPS) is 11.4. The average Bonchev–Trinajstić information content (AvgIpc) is 3.36. The van der Waals surface area contributed by atoms with Gasteiger partial charge in [0, 0.05) is 0 Å². The van der Waals surface area contributed by atoms with Crippen LogP contribution in [0.5, 0.6) is 0 Å². The SMILES string of the molecule is C[Si](C)(C)c1ccccc1.C[Si](C)(C)c1ccccc1.C[Si](C)(Cl)c1ccccc1.C[Si](C)(Cl)c1ccccc1.C[Si](Cl)(c1ccccc1)c1ccccc1.C[Si](Cl)(c1ccccc1)c1ccccc1. The highest BCUT2D eigenvalue weighted by atomic mass is 35.6. The molecule has 0 saturated heterocycles. The van der Waals surface area contributed by atoms with Gasteiger partial charge >= 0.3 is 0 Å². The fourth-order valence-corrected chi connectivity index (χ4v) is 17.4. The Balaban J connectivity index is 0.000000225. The Morgan fingerprint density at radius 1 is 0.186 bits per heavy atom. The molecule has 0 saturated carbocycles. The van der Waals surface area contributed by atoms with Crippen molar-refractivity contribution in [2.75, 3.05) is 0 Å². The number of halogens is 4. The van der Waals surface area contributed by atoms with Gasteiger partial charge < -0.3 is 0 Å². The minimum atomic E-state index is -1.98. The lowest BCUT2D eigenvalue weighted by molar-refractivity contribution is 1.68. The van der Waals surface area contributed by atoms with Crippen LogP contribution in [0.2, 0.25) is 78.6 Å². The van der Waals surface area contributed by atoms with Gasteiger partial charge in [0.2, 0.25) is 14.8 Å². The van der Waals surface area contributed by atoms with Crippen molar-refractivity contribution in [2.45, 2.75) is 78.6 Å². The lowest BCUT2D eigenvalue weighted by Crippen LogP contribution is -2.50. The minimum Gasteiger partial charge on any atom is -0.162 e. The number of benzene rings is 8. The fourth-order valence-electron chi connectivity index (χ4n) is 6.88. The van der Waals surface area contributed by atoms with Crippen molar-refractivity contribution in [3.8, 4) is 0 Å². The molecule has 10 heteroatoms. The van der Waals surface area contributed by atoms with Crippen LogP contribution in [0, 0.1) is 0 Å². The maximum Gasteiger partial charge on any atom is 0.214 e. The molecule has 0 aliphatic heterocycles. The molecule has 8 aromatic carbocycles. The summed E-state index contributed by atoms with van der Waals surface area (Å²) in [5.41, 5.74) is 0. The summed E-state index contributed by atoms with van der Waals surface area (Å²) in [6.45, 7) is 27.0. The molecular weight excluding hydrogens is 1030 g/mol. The molecule has 0 spiro atoms. The van der Waals surface area contributed by atoms with Crippen molar-refractivity contribution in [3.05, 3.63) is 243 Å². The Kier molecular flexibility index (Phi) is 25.1. The molecule has 0 aliphatic carbocycles. The Labute approximate surface area is 449 Å². The molecule has 0 aromatic heterocycles. The molecule has 0 fully saturated rings. The molecule has 70 heavy (non-hydrogen) atoms. The Bertz CT molecular complexity index is 2210. The lowest BCUT2D eigenvalue weighted by Gasteiger charge is -2.20. The average molecular weight is 1110 g/mol. The third-order valence-electron chi connectivity index (χ3n) is 11.5. The molecule has 0 radical (unpaired) electrons. The van der Waals surface area contributed by atoms with Gasteiger partial charge in [-0.15, -0.1) is 0 Å². The van der Waals surface area contributed by atoms with E-state index in [1.165, 1.54) is 41.5 Å². The second kappa shape index (κ2) is 29.1. The first-order valence-electron chi connectivity index (χ1n) is 24.0. The topological polar surface area (TPSA) is 0 Å². The predicted molar refractivity (Wildman–Crippen MR) is 337 cm³/mol. The van der Waals surface area contributed by atoms with Gasteiger partial charge in [-0.2, -0.15) is 44.3 Å². The summed E-state index contributed by atoms with van der Waals surface area (Å²) in [6, 6.07) is 83.5. The second-order valence-electron chi connectivity index (χ2n) is 20.4. The Morgan fingerprint density at radius 3 is 0.414 bits per heavy atom. The second-order valence-corrected chi connectivity index (χ2v) is 54.1. The van der Waals surface area contributed by atoms with Gasteiger partial charge in [-0.05, 0) is 44.2 Å². The molecule has 0 atom stereocenters. The van der Waals surface area contributed by atoms with Crippen molar-refractivity contribution in [3.63, 3.8) is 0 Å². The molecule has 8 aromatic rings. The smallest absolute Gasteiger partial charge is 0.162 e. The molecule has 368 valence electrons. The van der Waals surface area contributed by atoms with E-state index < -0.39 is 45.7 Å². The maximum atomic E-state index is 6.73. The minimum absolute atomic E-state index is 1.03. The van der Waals surface area contributed by atoms with E-state index in [0.29, 0.717) is 0 Å². The van der Waals surface area contributed by atoms with Crippen LogP contribution in [0.25, 0.3) is 0 Å². The highest BCUT2D eigenvalue weighted by molar-refractivity contribution is 7.34. The summed E-state index contributed by atoms with van der Waals surface area (Å²) in [5.74, 6) is 0. The molecule has 0 bridgehead atoms. The van der Waals surface area contributed by atoms with Crippen molar-refractivity contribution in [1.82, 2.24) is 0 Å². The van der Waals surface area contributed by atoms with Crippen LogP contribution in [0.4, 0.5) is 0 Å². The zero-order valence-electron chi connectivity index (χ0n) is 43.6. The van der Waals surface area contributed by atoms with E-state index in [1.807, 2.05) is 109 Å². The van der Waals surface area contributed by atoms with E-state index in [1.54, 1.807) is 0 Å². The van der Waals surface area contributed by atoms with Gasteiger partial charge in [-0.1, -0.05) is 318 Å². The zero-order chi connectivity index (χ0) is 51.9. The van der Waals surface area contributed by atoms with E-state index >= 15 is 0 Å². The molecular formula is C60H76Cl4Si6. The first kappa shape index (κ1) is 60.5. The largest absolute Gasteiger partial charge is 0.214 e. The highest BCUT2D eigenvalue weighted by Gasteiger charge is 2.30. The van der Waals surface area contributed by atoms with E-state index in [2.05, 4.69) is 212 Å². The van der Waals surface area contributed by atoms with Crippen LogP contribution < -0.4 is 41.5 Å². The molecule has 0 aliphatic rings. The Morgan fingerprint density at radius 2 is 0.314 bits per heavy atom. The van der Waals surface area contributed by atoms with E-state index in [9.17, 15) is 0 Å². The summed E-state index contributed by atoms with van der Waals surface area (Å²) in [7, 11) is -9.16. The third-order valence-corrected chi connectivity index (χ3v) is 28.6. The maximum absolute atomic E-state index is 6.73. The summed E-state index contributed by atoms with van der Waals surface area (Å²) < 4.78 is 0. The summed E-state index contributed by atoms with van der Waals surface area (Å²) in [4.78, 5) is 0. The summed E-state index contributed by atoms with van der Waals surface area (Å²) in [6.07, 6.45) is 0. The molecule has 0 nitrogen and oxygen atoms in total. The number of hydrogen-bond acceptors (Lipinski definition) is 0. The van der Waals surface area contributed by atoms with Gasteiger partial charge in [0.15, 0.2) is 14.8 Å². The first-order chi connectivity index (χ1) is 32.8. The van der Waals surface area contributed by atoms with Gasteiger partial charge in [0.05, 0.1) is 16.1 Å². The van der Waals surface area contributed by atoms with Gasteiger partial charge in [-0.25, -0.2) is 0 Å². The lowest BCUT2D eigenvalue weighted by atomic mass is 10.4. The molecule has 0 amide bonds. The summed E-state index contributed by atoms with van der Waals surface area (Å²) in [5, 5.41) is 10.7. The highest BCUT2D eigenvalue weighted by Crippen LogP contribution is 2.12. The Hall–Kier alpha value is -3.78. The van der Waals surface area contributed by atoms with Gasteiger partial charge in [0.25, 0.3) is 0 Å². The van der Waals surface area contributed by atoms with Crippen LogP contribution in [0.15, 0.2) is 243 Å². The van der Waals surface area contributed by atoms with E-state index in [4.69, 9.17) is 44.3 Å². The van der Waals surface area contributed by atoms with Gasteiger partial charge in [0.1, 0.15) is 0 Å². The summed E-state index contributed by atoms with van der Waals surface area (Å²) >= 11 is 25.8. The van der Waals surface area contributed by atoms with Crippen molar-refractivity contribution in [2.24, 2.45) is 0 Å². The van der Waals surface area contributed by atoms with Crippen molar-refractivity contribution in [1.29, 1.82) is 0 Å². The molecule has 0 heterocycles. The number of hydrogen-bond donors (Lipinski definition) is 0. The van der Waals surface area contributed by atoms with Crippen LogP contribution in [0.1, 0.15) is 0 Å².